The minimum absolute atomic E-state index is 0.360. The van der Waals surface area contributed by atoms with Gasteiger partial charge in [0.05, 0.1) is 17.1 Å². The van der Waals surface area contributed by atoms with Gasteiger partial charge in [-0.2, -0.15) is 0 Å². The van der Waals surface area contributed by atoms with E-state index in [0.29, 0.717) is 11.3 Å². The highest BCUT2D eigenvalue weighted by atomic mass is 79.9. The zero-order valence-corrected chi connectivity index (χ0v) is 15.5. The Labute approximate surface area is 136 Å². The largest absolute Gasteiger partial charge is 0.482 e. The van der Waals surface area contributed by atoms with Gasteiger partial charge in [0, 0.05) is 5.56 Å². The summed E-state index contributed by atoms with van der Waals surface area (Å²) in [5, 5.41) is 0. The first-order valence-corrected chi connectivity index (χ1v) is 8.03. The van der Waals surface area contributed by atoms with Crippen molar-refractivity contribution < 1.29 is 14.3 Å². The van der Waals surface area contributed by atoms with Crippen molar-refractivity contribution in [2.24, 2.45) is 0 Å². The summed E-state index contributed by atoms with van der Waals surface area (Å²) < 4.78 is 11.4. The summed E-state index contributed by atoms with van der Waals surface area (Å²) in [4.78, 5) is 11.6. The summed E-state index contributed by atoms with van der Waals surface area (Å²) in [6.45, 7) is 11.9. The molecule has 0 saturated heterocycles. The van der Waals surface area contributed by atoms with Gasteiger partial charge in [-0.1, -0.05) is 33.8 Å². The standard InChI is InChI=1S/C13H13BrO3.2C2H6/c1-13(2)7-6-8-9(12(15)16-3)4-5-10(14)11(8)17-13;2*1-2/h4-7H,1-3H3;2*1-2H3. The molecule has 0 unspecified atom stereocenters. The van der Waals surface area contributed by atoms with E-state index in [2.05, 4.69) is 15.9 Å². The first kappa shape index (κ1) is 19.7. The average molecular weight is 357 g/mol. The summed E-state index contributed by atoms with van der Waals surface area (Å²) in [6, 6.07) is 3.51. The Kier molecular flexibility index (Phi) is 8.33. The lowest BCUT2D eigenvalue weighted by molar-refractivity contribution is 0.0598. The molecule has 1 heterocycles. The van der Waals surface area contributed by atoms with Crippen LogP contribution in [0.1, 0.15) is 57.5 Å². The predicted molar refractivity (Wildman–Crippen MR) is 91.9 cm³/mol. The molecule has 0 radical (unpaired) electrons. The normalized spacial score (nSPS) is 13.5. The van der Waals surface area contributed by atoms with Gasteiger partial charge in [-0.3, -0.25) is 0 Å². The van der Waals surface area contributed by atoms with E-state index >= 15 is 0 Å². The highest BCUT2D eigenvalue weighted by Crippen LogP contribution is 2.39. The van der Waals surface area contributed by atoms with E-state index in [4.69, 9.17) is 9.47 Å². The molecule has 2 rings (SSSR count). The van der Waals surface area contributed by atoms with Crippen molar-refractivity contribution in [2.75, 3.05) is 7.11 Å². The van der Waals surface area contributed by atoms with Gasteiger partial charge in [0.1, 0.15) is 11.4 Å². The second-order valence-corrected chi connectivity index (χ2v) is 5.22. The quantitative estimate of drug-likeness (QED) is 0.625. The maximum atomic E-state index is 11.6. The van der Waals surface area contributed by atoms with Crippen LogP contribution in [0, 0.1) is 0 Å². The van der Waals surface area contributed by atoms with E-state index in [1.54, 1.807) is 12.1 Å². The Morgan fingerprint density at radius 2 is 1.76 bits per heavy atom. The van der Waals surface area contributed by atoms with Gasteiger partial charge in [-0.05, 0) is 48.0 Å². The number of carbonyl (C=O) groups is 1. The molecule has 21 heavy (non-hydrogen) atoms. The number of methoxy groups -OCH3 is 1. The number of carbonyl (C=O) groups excluding carboxylic acids is 1. The van der Waals surface area contributed by atoms with Crippen molar-refractivity contribution in [1.82, 2.24) is 0 Å². The smallest absolute Gasteiger partial charge is 0.338 e. The van der Waals surface area contributed by atoms with E-state index in [0.717, 1.165) is 10.0 Å². The van der Waals surface area contributed by atoms with Crippen LogP contribution in [0.5, 0.6) is 5.75 Å². The molecule has 0 N–H and O–H groups in total. The van der Waals surface area contributed by atoms with Crippen LogP contribution >= 0.6 is 15.9 Å². The van der Waals surface area contributed by atoms with Gasteiger partial charge >= 0.3 is 5.97 Å². The molecule has 1 aliphatic heterocycles. The van der Waals surface area contributed by atoms with Crippen LogP contribution in [0.25, 0.3) is 6.08 Å². The number of fused-ring (bicyclic) bond motifs is 1. The molecule has 0 atom stereocenters. The maximum Gasteiger partial charge on any atom is 0.338 e. The predicted octanol–water partition coefficient (Wildman–Crippen LogP) is 5.47. The maximum absolute atomic E-state index is 11.6. The SMILES string of the molecule is CC.CC.COC(=O)c1ccc(Br)c2c1C=CC(C)(C)O2. The van der Waals surface area contributed by atoms with Gasteiger partial charge in [0.15, 0.2) is 0 Å². The van der Waals surface area contributed by atoms with Crippen LogP contribution in [-0.2, 0) is 4.74 Å². The molecule has 3 nitrogen and oxygen atoms in total. The third-order valence-electron chi connectivity index (χ3n) is 2.57. The number of benzene rings is 1. The van der Waals surface area contributed by atoms with Crippen LogP contribution in [0.2, 0.25) is 0 Å². The van der Waals surface area contributed by atoms with Gasteiger partial charge in [-0.15, -0.1) is 0 Å². The third kappa shape index (κ3) is 4.88. The topological polar surface area (TPSA) is 35.5 Å². The Balaban J connectivity index is 0.000000921. The van der Waals surface area contributed by atoms with Gasteiger partial charge in [0.2, 0.25) is 0 Å². The fraction of sp³-hybridized carbons (Fsp3) is 0.471. The summed E-state index contributed by atoms with van der Waals surface area (Å²) in [5.74, 6) is 0.321. The Hall–Kier alpha value is -1.29. The number of ether oxygens (including phenoxy) is 2. The number of rotatable bonds is 1. The van der Waals surface area contributed by atoms with Gasteiger partial charge in [0.25, 0.3) is 0 Å². The van der Waals surface area contributed by atoms with Gasteiger partial charge in [-0.25, -0.2) is 4.79 Å². The van der Waals surface area contributed by atoms with Crippen molar-refractivity contribution in [3.8, 4) is 5.75 Å². The average Bonchev–Trinajstić information content (AvgIpc) is 2.51. The Morgan fingerprint density at radius 3 is 2.29 bits per heavy atom. The molecule has 0 saturated carbocycles. The van der Waals surface area contributed by atoms with Crippen molar-refractivity contribution in [2.45, 2.75) is 47.1 Å². The summed E-state index contributed by atoms with van der Waals surface area (Å²) >= 11 is 3.43. The molecule has 0 spiro atoms. The number of hydrogen-bond acceptors (Lipinski definition) is 3. The van der Waals surface area contributed by atoms with Crippen molar-refractivity contribution in [3.05, 3.63) is 33.8 Å². The van der Waals surface area contributed by atoms with Crippen LogP contribution < -0.4 is 4.74 Å². The lowest BCUT2D eigenvalue weighted by atomic mass is 9.98. The van der Waals surface area contributed by atoms with Crippen LogP contribution in [0.4, 0.5) is 0 Å². The second-order valence-electron chi connectivity index (χ2n) is 4.37. The Bertz CT molecular complexity index is 505. The van der Waals surface area contributed by atoms with E-state index in [1.165, 1.54) is 7.11 Å². The summed E-state index contributed by atoms with van der Waals surface area (Å²) in [6.07, 6.45) is 3.82. The molecular formula is C17H25BrO3. The first-order valence-electron chi connectivity index (χ1n) is 7.24. The lowest BCUT2D eigenvalue weighted by Crippen LogP contribution is -2.28. The minimum Gasteiger partial charge on any atom is -0.482 e. The second kappa shape index (κ2) is 8.88. The molecule has 0 aromatic heterocycles. The zero-order chi connectivity index (χ0) is 16.6. The van der Waals surface area contributed by atoms with Crippen molar-refractivity contribution in [1.29, 1.82) is 0 Å². The number of hydrogen-bond donors (Lipinski definition) is 0. The number of halogens is 1. The monoisotopic (exact) mass is 356 g/mol. The van der Waals surface area contributed by atoms with E-state index in [-0.39, 0.29) is 11.6 Å². The lowest BCUT2D eigenvalue weighted by Gasteiger charge is -2.29. The molecule has 118 valence electrons. The number of esters is 1. The zero-order valence-electron chi connectivity index (χ0n) is 13.9. The molecule has 1 aliphatic rings. The first-order chi connectivity index (χ1) is 9.94. The van der Waals surface area contributed by atoms with E-state index in [1.807, 2.05) is 53.7 Å². The molecule has 4 heteroatoms. The molecule has 0 fully saturated rings. The molecular weight excluding hydrogens is 332 g/mol. The summed E-state index contributed by atoms with van der Waals surface area (Å²) in [5.41, 5.74) is 0.896. The third-order valence-corrected chi connectivity index (χ3v) is 3.19. The minimum atomic E-state index is -0.371. The van der Waals surface area contributed by atoms with Crippen molar-refractivity contribution >= 4 is 28.0 Å². The van der Waals surface area contributed by atoms with E-state index in [9.17, 15) is 4.79 Å². The van der Waals surface area contributed by atoms with E-state index < -0.39 is 0 Å². The van der Waals surface area contributed by atoms with Crippen LogP contribution in [0.3, 0.4) is 0 Å². The molecule has 1 aromatic carbocycles. The van der Waals surface area contributed by atoms with Gasteiger partial charge < -0.3 is 9.47 Å². The highest BCUT2D eigenvalue weighted by Gasteiger charge is 2.26. The molecule has 0 amide bonds. The Morgan fingerprint density at radius 1 is 1.19 bits per heavy atom. The fourth-order valence-corrected chi connectivity index (χ4v) is 2.14. The van der Waals surface area contributed by atoms with Crippen LogP contribution in [-0.4, -0.2) is 18.7 Å². The molecule has 0 aliphatic carbocycles. The summed E-state index contributed by atoms with van der Waals surface area (Å²) in [7, 11) is 1.37. The highest BCUT2D eigenvalue weighted by molar-refractivity contribution is 9.10. The fourth-order valence-electron chi connectivity index (χ4n) is 1.71. The molecule has 1 aromatic rings. The van der Waals surface area contributed by atoms with Crippen molar-refractivity contribution in [3.63, 3.8) is 0 Å². The molecule has 0 bridgehead atoms. The van der Waals surface area contributed by atoms with Crippen LogP contribution in [0.15, 0.2) is 22.7 Å².